The fourth-order valence-corrected chi connectivity index (χ4v) is 0.420. The molecular weight excluding hydrogens is 304 g/mol. The van der Waals surface area contributed by atoms with Crippen LogP contribution in [-0.4, -0.2) is 9.91 Å². The Morgan fingerprint density at radius 2 is 2.40 bits per heavy atom. The van der Waals surface area contributed by atoms with E-state index in [9.17, 15) is 10.1 Å². The molecule has 0 radical (unpaired) electrons. The maximum atomic E-state index is 9.95. The van der Waals surface area contributed by atoms with Crippen LogP contribution in [0.2, 0.25) is 0 Å². The normalized spacial score (nSPS) is 8.00. The standard InChI is InChI=1S/C5H3N2O2.W/c8-7(9)5-2-1-3-6-4-5;/h1-2,4H;/q-1;+2. The van der Waals surface area contributed by atoms with E-state index in [0.717, 1.165) is 6.20 Å². The van der Waals surface area contributed by atoms with Crippen molar-refractivity contribution in [1.29, 1.82) is 0 Å². The second-order valence-corrected chi connectivity index (χ2v) is 1.40. The van der Waals surface area contributed by atoms with E-state index in [-0.39, 0.29) is 26.8 Å². The van der Waals surface area contributed by atoms with Crippen molar-refractivity contribution < 1.29 is 26.0 Å². The smallest absolute Gasteiger partial charge is 0.388 e. The first-order chi connectivity index (χ1) is 4.30. The van der Waals surface area contributed by atoms with Crippen LogP contribution in [0.5, 0.6) is 0 Å². The fraction of sp³-hybridized carbons (Fsp3) is 0. The van der Waals surface area contributed by atoms with Crippen molar-refractivity contribution in [1.82, 2.24) is 4.98 Å². The van der Waals surface area contributed by atoms with Crippen LogP contribution in [-0.2, 0) is 21.1 Å². The number of rotatable bonds is 1. The van der Waals surface area contributed by atoms with Crippen molar-refractivity contribution in [3.63, 3.8) is 0 Å². The molecule has 0 saturated heterocycles. The van der Waals surface area contributed by atoms with E-state index in [1.165, 1.54) is 12.1 Å². The molecule has 0 aliphatic rings. The minimum Gasteiger partial charge on any atom is -0.388 e. The molecule has 0 aliphatic heterocycles. The molecule has 0 aliphatic carbocycles. The van der Waals surface area contributed by atoms with Crippen molar-refractivity contribution in [2.24, 2.45) is 0 Å². The van der Waals surface area contributed by atoms with Gasteiger partial charge in [-0.3, -0.25) is 10.1 Å². The maximum Gasteiger partial charge on any atom is 2.00 e. The van der Waals surface area contributed by atoms with Crippen LogP contribution in [0.15, 0.2) is 18.3 Å². The van der Waals surface area contributed by atoms with E-state index < -0.39 is 4.92 Å². The van der Waals surface area contributed by atoms with E-state index in [2.05, 4.69) is 11.2 Å². The van der Waals surface area contributed by atoms with Gasteiger partial charge < -0.3 is 4.98 Å². The molecule has 4 nitrogen and oxygen atoms in total. The summed E-state index contributed by atoms with van der Waals surface area (Å²) in [6, 6.07) is 2.74. The Hall–Kier alpha value is -0.762. The van der Waals surface area contributed by atoms with Crippen LogP contribution in [0.1, 0.15) is 0 Å². The van der Waals surface area contributed by atoms with Gasteiger partial charge >= 0.3 is 21.1 Å². The Balaban J connectivity index is 0.000000810. The van der Waals surface area contributed by atoms with E-state index >= 15 is 0 Å². The molecule has 1 aromatic heterocycles. The third-order valence-electron chi connectivity index (χ3n) is 0.811. The monoisotopic (exact) mass is 307 g/mol. The molecule has 10 heavy (non-hydrogen) atoms. The summed E-state index contributed by atoms with van der Waals surface area (Å²) in [6.45, 7) is 0. The molecule has 1 rings (SSSR count). The predicted octanol–water partition coefficient (Wildman–Crippen LogP) is 0.787. The molecule has 0 amide bonds. The molecule has 1 aromatic rings. The molecule has 5 heteroatoms. The van der Waals surface area contributed by atoms with Crippen LogP contribution in [0, 0.1) is 16.3 Å². The number of nitrogens with zero attached hydrogens (tertiary/aromatic N) is 2. The zero-order chi connectivity index (χ0) is 6.69. The molecule has 0 unspecified atom stereocenters. The summed E-state index contributed by atoms with van der Waals surface area (Å²) in [5.41, 5.74) is -0.00579. The zero-order valence-electron chi connectivity index (χ0n) is 4.85. The molecule has 1 heterocycles. The van der Waals surface area contributed by atoms with Gasteiger partial charge in [0.25, 0.3) is 0 Å². The van der Waals surface area contributed by atoms with Gasteiger partial charge in [0, 0.05) is 4.92 Å². The number of hydrogen-bond donors (Lipinski definition) is 0. The minimum absolute atomic E-state index is 0. The minimum atomic E-state index is -0.499. The van der Waals surface area contributed by atoms with Gasteiger partial charge in [0.2, 0.25) is 0 Å². The summed E-state index contributed by atoms with van der Waals surface area (Å²) in [6.07, 6.45) is 3.59. The number of aromatic nitrogens is 1. The van der Waals surface area contributed by atoms with Crippen molar-refractivity contribution in [2.75, 3.05) is 0 Å². The molecule has 0 atom stereocenters. The average molecular weight is 307 g/mol. The van der Waals surface area contributed by atoms with Gasteiger partial charge in [-0.1, -0.05) is 12.3 Å². The molecule has 0 fully saturated rings. The van der Waals surface area contributed by atoms with Crippen LogP contribution in [0.4, 0.5) is 5.69 Å². The van der Waals surface area contributed by atoms with Crippen molar-refractivity contribution >= 4 is 5.69 Å². The van der Waals surface area contributed by atoms with Gasteiger partial charge in [-0.2, -0.15) is 6.07 Å². The van der Waals surface area contributed by atoms with Gasteiger partial charge in [-0.25, -0.2) is 0 Å². The average Bonchev–Trinajstić information content (AvgIpc) is 1.90. The van der Waals surface area contributed by atoms with Crippen LogP contribution < -0.4 is 0 Å². The Labute approximate surface area is 71.7 Å². The van der Waals surface area contributed by atoms with Crippen molar-refractivity contribution in [2.45, 2.75) is 0 Å². The summed E-state index contributed by atoms with van der Waals surface area (Å²) in [5, 5.41) is 9.95. The molecule has 0 spiro atoms. The maximum absolute atomic E-state index is 9.95. The van der Waals surface area contributed by atoms with Crippen LogP contribution in [0.3, 0.4) is 0 Å². The largest absolute Gasteiger partial charge is 2.00 e. The van der Waals surface area contributed by atoms with E-state index in [4.69, 9.17) is 0 Å². The molecule has 0 aromatic carbocycles. The summed E-state index contributed by atoms with van der Waals surface area (Å²) in [4.78, 5) is 12.9. The van der Waals surface area contributed by atoms with Gasteiger partial charge in [0.15, 0.2) is 5.69 Å². The van der Waals surface area contributed by atoms with Gasteiger partial charge in [-0.05, 0) is 6.20 Å². The molecule has 0 bridgehead atoms. The van der Waals surface area contributed by atoms with Gasteiger partial charge in [0.05, 0.1) is 0 Å². The number of pyridine rings is 1. The third-order valence-corrected chi connectivity index (χ3v) is 0.811. The summed E-state index contributed by atoms with van der Waals surface area (Å²) >= 11 is 0. The molecule has 0 N–H and O–H groups in total. The first-order valence-corrected chi connectivity index (χ1v) is 2.27. The van der Waals surface area contributed by atoms with Crippen LogP contribution >= 0.6 is 0 Å². The van der Waals surface area contributed by atoms with Crippen molar-refractivity contribution in [3.05, 3.63) is 34.6 Å². The quantitative estimate of drug-likeness (QED) is 0.438. The topological polar surface area (TPSA) is 56.0 Å². The van der Waals surface area contributed by atoms with Crippen molar-refractivity contribution in [3.8, 4) is 0 Å². The Bertz CT molecular complexity index is 214. The van der Waals surface area contributed by atoms with E-state index in [0.29, 0.717) is 0 Å². The fourth-order valence-electron chi connectivity index (χ4n) is 0.420. The first-order valence-electron chi connectivity index (χ1n) is 2.27. The Morgan fingerprint density at radius 1 is 1.70 bits per heavy atom. The van der Waals surface area contributed by atoms with Crippen LogP contribution in [0.25, 0.3) is 0 Å². The second-order valence-electron chi connectivity index (χ2n) is 1.40. The van der Waals surface area contributed by atoms with E-state index in [1.54, 1.807) is 0 Å². The number of hydrogen-bond acceptors (Lipinski definition) is 3. The number of nitro groups is 1. The Morgan fingerprint density at radius 3 is 2.70 bits per heavy atom. The summed E-state index contributed by atoms with van der Waals surface area (Å²) < 4.78 is 0. The van der Waals surface area contributed by atoms with Gasteiger partial charge in [-0.15, -0.1) is 0 Å². The SMILES string of the molecule is O=[N+]([O-])c1cc[c-]nc1.[W+2]. The Kier molecular flexibility index (Phi) is 3.80. The van der Waals surface area contributed by atoms with E-state index in [1.807, 2.05) is 0 Å². The summed E-state index contributed by atoms with van der Waals surface area (Å²) in [7, 11) is 0. The molecule has 0 saturated carbocycles. The third kappa shape index (κ3) is 2.23. The first kappa shape index (κ1) is 9.24. The molecule has 50 valence electrons. The zero-order valence-corrected chi connectivity index (χ0v) is 7.78. The predicted molar refractivity (Wildman–Crippen MR) is 29.7 cm³/mol. The van der Waals surface area contributed by atoms with Gasteiger partial charge in [0.1, 0.15) is 0 Å². The second kappa shape index (κ2) is 4.12. The molecular formula is C5H3N2O2W+. The summed E-state index contributed by atoms with van der Waals surface area (Å²) in [5.74, 6) is 0.